The number of carbonyl (C=O) groups excluding carboxylic acids is 1. The molecule has 1 amide bonds. The van der Waals surface area contributed by atoms with E-state index in [9.17, 15) is 14.9 Å². The first-order valence-electron chi connectivity index (χ1n) is 6.94. The van der Waals surface area contributed by atoms with E-state index < -0.39 is 4.92 Å². The standard InChI is InChI=1S/C15H15ClN2O6/c1-22-7-6-17-15(19)13-5-3-11(24-13)9-23-14-8-10(18(20)21)2-4-12(14)16/h2-5,8H,6-7,9H2,1H3,(H,17,19). The van der Waals surface area contributed by atoms with E-state index in [1.807, 2.05) is 0 Å². The van der Waals surface area contributed by atoms with Gasteiger partial charge in [-0.05, 0) is 18.2 Å². The summed E-state index contributed by atoms with van der Waals surface area (Å²) >= 11 is 5.94. The number of nitro benzene ring substituents is 1. The van der Waals surface area contributed by atoms with Crippen LogP contribution in [0.25, 0.3) is 0 Å². The molecule has 8 nitrogen and oxygen atoms in total. The van der Waals surface area contributed by atoms with Gasteiger partial charge in [0.2, 0.25) is 0 Å². The molecule has 0 saturated carbocycles. The molecule has 0 aliphatic carbocycles. The monoisotopic (exact) mass is 354 g/mol. The molecule has 0 fully saturated rings. The zero-order valence-corrected chi connectivity index (χ0v) is 13.5. The van der Waals surface area contributed by atoms with E-state index in [1.165, 1.54) is 31.4 Å². The second kappa shape index (κ2) is 8.32. The van der Waals surface area contributed by atoms with Crippen LogP contribution in [0.15, 0.2) is 34.7 Å². The summed E-state index contributed by atoms with van der Waals surface area (Å²) in [4.78, 5) is 22.0. The molecule has 0 saturated heterocycles. The summed E-state index contributed by atoms with van der Waals surface area (Å²) in [6.45, 7) is 0.741. The predicted molar refractivity (Wildman–Crippen MR) is 85.4 cm³/mol. The van der Waals surface area contributed by atoms with E-state index in [4.69, 9.17) is 25.5 Å². The van der Waals surface area contributed by atoms with Gasteiger partial charge in [-0.15, -0.1) is 0 Å². The van der Waals surface area contributed by atoms with Crippen molar-refractivity contribution in [3.8, 4) is 5.75 Å². The van der Waals surface area contributed by atoms with Gasteiger partial charge < -0.3 is 19.2 Å². The maximum absolute atomic E-state index is 11.8. The van der Waals surface area contributed by atoms with Crippen molar-refractivity contribution >= 4 is 23.2 Å². The molecule has 128 valence electrons. The fraction of sp³-hybridized carbons (Fsp3) is 0.267. The number of halogens is 1. The molecule has 24 heavy (non-hydrogen) atoms. The molecule has 1 heterocycles. The maximum atomic E-state index is 11.8. The topological polar surface area (TPSA) is 104 Å². The molecule has 0 unspecified atom stereocenters. The summed E-state index contributed by atoms with van der Waals surface area (Å²) in [5, 5.41) is 13.6. The minimum atomic E-state index is -0.543. The zero-order chi connectivity index (χ0) is 17.5. The van der Waals surface area contributed by atoms with Gasteiger partial charge in [-0.1, -0.05) is 11.6 Å². The van der Waals surface area contributed by atoms with Crippen molar-refractivity contribution in [3.63, 3.8) is 0 Å². The first-order chi connectivity index (χ1) is 11.5. The minimum absolute atomic E-state index is 0.0216. The Morgan fingerprint density at radius 1 is 1.38 bits per heavy atom. The quantitative estimate of drug-likeness (QED) is 0.444. The van der Waals surface area contributed by atoms with Gasteiger partial charge in [0.25, 0.3) is 11.6 Å². The summed E-state index contributed by atoms with van der Waals surface area (Å²) in [5.74, 6) is 0.310. The highest BCUT2D eigenvalue weighted by Crippen LogP contribution is 2.29. The molecule has 9 heteroatoms. The Bertz CT molecular complexity index is 731. The number of amides is 1. The lowest BCUT2D eigenvalue weighted by Crippen LogP contribution is -2.26. The number of nitrogens with one attached hydrogen (secondary N) is 1. The molecule has 0 aliphatic heterocycles. The number of hydrogen-bond acceptors (Lipinski definition) is 6. The number of methoxy groups -OCH3 is 1. The first kappa shape index (κ1) is 17.8. The highest BCUT2D eigenvalue weighted by molar-refractivity contribution is 6.32. The van der Waals surface area contributed by atoms with E-state index in [-0.39, 0.29) is 34.7 Å². The number of hydrogen-bond donors (Lipinski definition) is 1. The average Bonchev–Trinajstić information content (AvgIpc) is 3.03. The molecule has 2 rings (SSSR count). The average molecular weight is 355 g/mol. The summed E-state index contributed by atoms with van der Waals surface area (Å²) in [6.07, 6.45) is 0. The van der Waals surface area contributed by atoms with Gasteiger partial charge >= 0.3 is 0 Å². The Balaban J connectivity index is 1.97. The van der Waals surface area contributed by atoms with Crippen molar-refractivity contribution in [3.05, 3.63) is 57.0 Å². The lowest BCUT2D eigenvalue weighted by Gasteiger charge is -2.06. The highest BCUT2D eigenvalue weighted by Gasteiger charge is 2.13. The summed E-state index contributed by atoms with van der Waals surface area (Å²) < 4.78 is 15.6. The lowest BCUT2D eigenvalue weighted by molar-refractivity contribution is -0.384. The molecule has 1 aromatic heterocycles. The van der Waals surface area contributed by atoms with Gasteiger partial charge in [-0.25, -0.2) is 0 Å². The van der Waals surface area contributed by atoms with Crippen molar-refractivity contribution < 1.29 is 23.6 Å². The number of benzene rings is 1. The van der Waals surface area contributed by atoms with Crippen LogP contribution in [0.4, 0.5) is 5.69 Å². The molecule has 1 N–H and O–H groups in total. The number of rotatable bonds is 8. The third-order valence-electron chi connectivity index (χ3n) is 2.97. The van der Waals surface area contributed by atoms with Crippen LogP contribution in [0.3, 0.4) is 0 Å². The third kappa shape index (κ3) is 4.71. The molecule has 2 aromatic rings. The van der Waals surface area contributed by atoms with Gasteiger partial charge in [0, 0.05) is 19.7 Å². The predicted octanol–water partition coefficient (Wildman–Crippen LogP) is 2.80. The number of non-ortho nitro benzene ring substituents is 1. The molecule has 0 bridgehead atoms. The fourth-order valence-corrected chi connectivity index (χ4v) is 1.97. The van der Waals surface area contributed by atoms with Crippen molar-refractivity contribution in [1.82, 2.24) is 5.32 Å². The van der Waals surface area contributed by atoms with Gasteiger partial charge in [0.15, 0.2) is 5.76 Å². The van der Waals surface area contributed by atoms with Crippen molar-refractivity contribution in [1.29, 1.82) is 0 Å². The van der Waals surface area contributed by atoms with E-state index >= 15 is 0 Å². The van der Waals surface area contributed by atoms with E-state index in [2.05, 4.69) is 5.32 Å². The zero-order valence-electron chi connectivity index (χ0n) is 12.8. The number of ether oxygens (including phenoxy) is 2. The normalized spacial score (nSPS) is 10.4. The number of nitro groups is 1. The lowest BCUT2D eigenvalue weighted by atomic mass is 10.3. The second-order valence-electron chi connectivity index (χ2n) is 4.68. The van der Waals surface area contributed by atoms with E-state index in [0.29, 0.717) is 18.9 Å². The number of furan rings is 1. The first-order valence-corrected chi connectivity index (χ1v) is 7.31. The van der Waals surface area contributed by atoms with Crippen LogP contribution >= 0.6 is 11.6 Å². The van der Waals surface area contributed by atoms with E-state index in [0.717, 1.165) is 0 Å². The van der Waals surface area contributed by atoms with Gasteiger partial charge in [0.05, 0.1) is 22.6 Å². The van der Waals surface area contributed by atoms with E-state index in [1.54, 1.807) is 6.07 Å². The Morgan fingerprint density at radius 2 is 2.17 bits per heavy atom. The van der Waals surface area contributed by atoms with Crippen molar-refractivity contribution in [2.45, 2.75) is 6.61 Å². The van der Waals surface area contributed by atoms with Gasteiger partial charge in [-0.3, -0.25) is 14.9 Å². The minimum Gasteiger partial charge on any atom is -0.484 e. The molecule has 0 spiro atoms. The van der Waals surface area contributed by atoms with Gasteiger partial charge in [0.1, 0.15) is 18.1 Å². The van der Waals surface area contributed by atoms with Crippen LogP contribution in [0.5, 0.6) is 5.75 Å². The summed E-state index contributed by atoms with van der Waals surface area (Å²) in [5.41, 5.74) is -0.132. The Morgan fingerprint density at radius 3 is 2.88 bits per heavy atom. The highest BCUT2D eigenvalue weighted by atomic mass is 35.5. The molecule has 0 atom stereocenters. The maximum Gasteiger partial charge on any atom is 0.287 e. The Labute approximate surface area is 142 Å². The van der Waals surface area contributed by atoms with Crippen molar-refractivity contribution in [2.75, 3.05) is 20.3 Å². The fourth-order valence-electron chi connectivity index (χ4n) is 1.80. The smallest absolute Gasteiger partial charge is 0.287 e. The summed E-state index contributed by atoms with van der Waals surface area (Å²) in [7, 11) is 1.54. The number of carbonyl (C=O) groups is 1. The molecular formula is C15H15ClN2O6. The SMILES string of the molecule is COCCNC(=O)c1ccc(COc2cc([N+](=O)[O-])ccc2Cl)o1. The molecular weight excluding hydrogens is 340 g/mol. The summed E-state index contributed by atoms with van der Waals surface area (Å²) in [6, 6.07) is 6.98. The third-order valence-corrected chi connectivity index (χ3v) is 3.28. The van der Waals surface area contributed by atoms with Crippen LogP contribution in [-0.4, -0.2) is 31.1 Å². The Hall–Kier alpha value is -2.58. The molecule has 1 aromatic carbocycles. The van der Waals surface area contributed by atoms with Crippen molar-refractivity contribution in [2.24, 2.45) is 0 Å². The van der Waals surface area contributed by atoms with Crippen LogP contribution in [0.1, 0.15) is 16.3 Å². The number of nitrogens with zero attached hydrogens (tertiary/aromatic N) is 1. The van der Waals surface area contributed by atoms with Crippen LogP contribution in [-0.2, 0) is 11.3 Å². The largest absolute Gasteiger partial charge is 0.484 e. The van der Waals surface area contributed by atoms with Crippen LogP contribution in [0, 0.1) is 10.1 Å². The van der Waals surface area contributed by atoms with Crippen LogP contribution in [0.2, 0.25) is 5.02 Å². The Kier molecular flexibility index (Phi) is 6.16. The second-order valence-corrected chi connectivity index (χ2v) is 5.08. The molecule has 0 radical (unpaired) electrons. The van der Waals surface area contributed by atoms with Crippen LogP contribution < -0.4 is 10.1 Å². The van der Waals surface area contributed by atoms with Gasteiger partial charge in [-0.2, -0.15) is 0 Å². The molecule has 0 aliphatic rings.